The topological polar surface area (TPSA) is 41.6 Å². The Balaban J connectivity index is 1.93. The molecule has 1 N–H and O–H groups in total. The highest BCUT2D eigenvalue weighted by atomic mass is 16.5. The van der Waals surface area contributed by atoms with Crippen molar-refractivity contribution in [1.82, 2.24) is 10.2 Å². The van der Waals surface area contributed by atoms with Gasteiger partial charge in [0.05, 0.1) is 0 Å². The summed E-state index contributed by atoms with van der Waals surface area (Å²) in [5, 5.41) is 3.43. The number of benzene rings is 1. The van der Waals surface area contributed by atoms with E-state index in [4.69, 9.17) is 4.74 Å². The van der Waals surface area contributed by atoms with Gasteiger partial charge in [0, 0.05) is 19.1 Å². The van der Waals surface area contributed by atoms with Gasteiger partial charge in [-0.3, -0.25) is 4.79 Å². The minimum atomic E-state index is 0.0909. The van der Waals surface area contributed by atoms with Gasteiger partial charge in [0.15, 0.2) is 6.61 Å². The van der Waals surface area contributed by atoms with Crippen molar-refractivity contribution in [3.63, 3.8) is 0 Å². The lowest BCUT2D eigenvalue weighted by Crippen LogP contribution is -2.46. The molecule has 0 saturated carbocycles. The molecule has 1 fully saturated rings. The minimum Gasteiger partial charge on any atom is -0.484 e. The predicted molar refractivity (Wildman–Crippen MR) is 84.4 cm³/mol. The van der Waals surface area contributed by atoms with E-state index in [-0.39, 0.29) is 18.6 Å². The first-order valence-corrected chi connectivity index (χ1v) is 7.85. The largest absolute Gasteiger partial charge is 0.484 e. The van der Waals surface area contributed by atoms with Crippen LogP contribution in [0.15, 0.2) is 30.3 Å². The molecule has 0 spiro atoms. The van der Waals surface area contributed by atoms with Crippen molar-refractivity contribution >= 4 is 5.91 Å². The summed E-state index contributed by atoms with van der Waals surface area (Å²) in [5.41, 5.74) is 0. The summed E-state index contributed by atoms with van der Waals surface area (Å²) in [6.07, 6.45) is 2.04. The molecular weight excluding hydrogens is 264 g/mol. The highest BCUT2D eigenvalue weighted by molar-refractivity contribution is 5.78. The van der Waals surface area contributed by atoms with Crippen LogP contribution < -0.4 is 10.1 Å². The highest BCUT2D eigenvalue weighted by Crippen LogP contribution is 2.15. The van der Waals surface area contributed by atoms with Crippen LogP contribution >= 0.6 is 0 Å². The van der Waals surface area contributed by atoms with Crippen LogP contribution in [0.3, 0.4) is 0 Å². The number of ether oxygens (including phenoxy) is 1. The van der Waals surface area contributed by atoms with Crippen LogP contribution in [0.25, 0.3) is 0 Å². The van der Waals surface area contributed by atoms with E-state index in [1.54, 1.807) is 0 Å². The first-order valence-electron chi connectivity index (χ1n) is 7.85. The lowest BCUT2D eigenvalue weighted by atomic mass is 10.0. The second kappa shape index (κ2) is 8.03. The third-order valence-corrected chi connectivity index (χ3v) is 3.74. The Kier molecular flexibility index (Phi) is 6.05. The van der Waals surface area contributed by atoms with E-state index in [1.165, 1.54) is 0 Å². The molecular formula is C17H26N2O2. The number of carbonyl (C=O) groups is 1. The van der Waals surface area contributed by atoms with E-state index in [1.807, 2.05) is 35.2 Å². The first-order chi connectivity index (χ1) is 10.2. The first kappa shape index (κ1) is 15.8. The molecule has 4 heteroatoms. The van der Waals surface area contributed by atoms with Gasteiger partial charge in [-0.1, -0.05) is 32.0 Å². The third-order valence-electron chi connectivity index (χ3n) is 3.74. The van der Waals surface area contributed by atoms with Crippen LogP contribution in [0.4, 0.5) is 0 Å². The molecule has 1 saturated heterocycles. The van der Waals surface area contributed by atoms with Gasteiger partial charge in [0.1, 0.15) is 5.75 Å². The fourth-order valence-corrected chi connectivity index (χ4v) is 2.76. The van der Waals surface area contributed by atoms with Gasteiger partial charge >= 0.3 is 0 Å². The summed E-state index contributed by atoms with van der Waals surface area (Å²) < 4.78 is 5.60. The summed E-state index contributed by atoms with van der Waals surface area (Å²) in [6.45, 7) is 7.22. The second-order valence-electron chi connectivity index (χ2n) is 6.03. The molecule has 0 aromatic heterocycles. The van der Waals surface area contributed by atoms with Crippen molar-refractivity contribution in [2.75, 3.05) is 26.2 Å². The zero-order valence-electron chi connectivity index (χ0n) is 13.0. The molecule has 1 heterocycles. The molecule has 1 atom stereocenters. The second-order valence-corrected chi connectivity index (χ2v) is 6.03. The van der Waals surface area contributed by atoms with Gasteiger partial charge in [-0.05, 0) is 37.4 Å². The van der Waals surface area contributed by atoms with Crippen molar-refractivity contribution in [2.24, 2.45) is 5.92 Å². The molecule has 4 nitrogen and oxygen atoms in total. The zero-order valence-corrected chi connectivity index (χ0v) is 13.0. The monoisotopic (exact) mass is 290 g/mol. The van der Waals surface area contributed by atoms with Crippen LogP contribution in [0.5, 0.6) is 5.75 Å². The number of amides is 1. The van der Waals surface area contributed by atoms with E-state index in [9.17, 15) is 4.79 Å². The molecule has 1 aliphatic rings. The van der Waals surface area contributed by atoms with E-state index in [0.717, 1.165) is 38.2 Å². The molecule has 0 bridgehead atoms. The number of hydrogen-bond acceptors (Lipinski definition) is 3. The number of rotatable bonds is 5. The maximum atomic E-state index is 12.5. The molecule has 2 rings (SSSR count). The zero-order chi connectivity index (χ0) is 15.1. The number of nitrogens with zero attached hydrogens (tertiary/aromatic N) is 1. The summed E-state index contributed by atoms with van der Waals surface area (Å²) >= 11 is 0. The summed E-state index contributed by atoms with van der Waals surface area (Å²) in [4.78, 5) is 14.5. The van der Waals surface area contributed by atoms with E-state index < -0.39 is 0 Å². The number of nitrogens with one attached hydrogen (secondary N) is 1. The number of hydrogen-bond donors (Lipinski definition) is 1. The lowest BCUT2D eigenvalue weighted by molar-refractivity contribution is -0.135. The maximum Gasteiger partial charge on any atom is 0.260 e. The summed E-state index contributed by atoms with van der Waals surface area (Å²) in [6, 6.07) is 9.80. The molecule has 1 aromatic rings. The standard InChI is InChI=1S/C17H26N2O2/c1-14(2)11-15-12-18-9-6-10-19(15)17(20)13-21-16-7-4-3-5-8-16/h3-5,7-8,14-15,18H,6,9-13H2,1-2H3. The van der Waals surface area contributed by atoms with Crippen LogP contribution in [-0.2, 0) is 4.79 Å². The molecule has 21 heavy (non-hydrogen) atoms. The van der Waals surface area contributed by atoms with Gasteiger partial charge in [0.2, 0.25) is 0 Å². The van der Waals surface area contributed by atoms with Gasteiger partial charge < -0.3 is 15.0 Å². The molecule has 1 aliphatic heterocycles. The van der Waals surface area contributed by atoms with Crippen LogP contribution in [0, 0.1) is 5.92 Å². The maximum absolute atomic E-state index is 12.5. The average Bonchev–Trinajstić information content (AvgIpc) is 2.71. The van der Waals surface area contributed by atoms with Gasteiger partial charge in [0.25, 0.3) is 5.91 Å². The van der Waals surface area contributed by atoms with Crippen molar-refractivity contribution in [3.8, 4) is 5.75 Å². The normalized spacial score (nSPS) is 19.4. The van der Waals surface area contributed by atoms with Gasteiger partial charge in [-0.25, -0.2) is 0 Å². The van der Waals surface area contributed by atoms with Crippen molar-refractivity contribution in [3.05, 3.63) is 30.3 Å². The van der Waals surface area contributed by atoms with Gasteiger partial charge in [-0.2, -0.15) is 0 Å². The molecule has 0 aliphatic carbocycles. The Labute approximate surface area is 127 Å². The Morgan fingerprint density at radius 3 is 2.86 bits per heavy atom. The third kappa shape index (κ3) is 5.05. The molecule has 1 amide bonds. The van der Waals surface area contributed by atoms with E-state index >= 15 is 0 Å². The Bertz CT molecular complexity index is 434. The lowest BCUT2D eigenvalue weighted by Gasteiger charge is -2.31. The fourth-order valence-electron chi connectivity index (χ4n) is 2.76. The van der Waals surface area contributed by atoms with E-state index in [0.29, 0.717) is 5.92 Å². The Hall–Kier alpha value is -1.55. The highest BCUT2D eigenvalue weighted by Gasteiger charge is 2.26. The van der Waals surface area contributed by atoms with Crippen LogP contribution in [-0.4, -0.2) is 43.1 Å². The summed E-state index contributed by atoms with van der Waals surface area (Å²) in [7, 11) is 0. The van der Waals surface area contributed by atoms with E-state index in [2.05, 4.69) is 19.2 Å². The Morgan fingerprint density at radius 1 is 1.38 bits per heavy atom. The fraction of sp³-hybridized carbons (Fsp3) is 0.588. The van der Waals surface area contributed by atoms with Crippen molar-refractivity contribution in [1.29, 1.82) is 0 Å². The molecule has 1 aromatic carbocycles. The van der Waals surface area contributed by atoms with Crippen molar-refractivity contribution < 1.29 is 9.53 Å². The van der Waals surface area contributed by atoms with Crippen LogP contribution in [0.2, 0.25) is 0 Å². The minimum absolute atomic E-state index is 0.0909. The SMILES string of the molecule is CC(C)CC1CNCCCN1C(=O)COc1ccccc1. The number of carbonyl (C=O) groups excluding carboxylic acids is 1. The quantitative estimate of drug-likeness (QED) is 0.905. The predicted octanol–water partition coefficient (Wildman–Crippen LogP) is 2.30. The van der Waals surface area contributed by atoms with Gasteiger partial charge in [-0.15, -0.1) is 0 Å². The van der Waals surface area contributed by atoms with Crippen molar-refractivity contribution in [2.45, 2.75) is 32.7 Å². The molecule has 116 valence electrons. The Morgan fingerprint density at radius 2 is 2.14 bits per heavy atom. The average molecular weight is 290 g/mol. The van der Waals surface area contributed by atoms with Crippen LogP contribution in [0.1, 0.15) is 26.7 Å². The smallest absolute Gasteiger partial charge is 0.260 e. The summed E-state index contributed by atoms with van der Waals surface area (Å²) in [5.74, 6) is 1.42. The molecule has 1 unspecified atom stereocenters. The molecule has 0 radical (unpaired) electrons. The number of para-hydroxylation sites is 1.